The Morgan fingerprint density at radius 3 is 1.81 bits per heavy atom. The zero-order valence-electron chi connectivity index (χ0n) is 9.64. The third-order valence-corrected chi connectivity index (χ3v) is 2.26. The summed E-state index contributed by atoms with van der Waals surface area (Å²) in [6.45, 7) is 0. The van der Waals surface area contributed by atoms with Crippen LogP contribution >= 0.6 is 0 Å². The third kappa shape index (κ3) is 3.00. The number of aromatic nitrogens is 2. The van der Waals surface area contributed by atoms with Crippen LogP contribution in [0.1, 0.15) is 18.2 Å². The van der Waals surface area contributed by atoms with E-state index >= 15 is 0 Å². The molecule has 0 amide bonds. The molecule has 0 radical (unpaired) electrons. The van der Waals surface area contributed by atoms with E-state index in [2.05, 4.69) is 14.6 Å². The van der Waals surface area contributed by atoms with E-state index in [9.17, 15) is 43.5 Å². The molecule has 1 aromatic heterocycles. The fraction of sp³-hybridized carbons (Fsp3) is 0.667. The molecule has 0 saturated carbocycles. The van der Waals surface area contributed by atoms with Crippen LogP contribution in [0, 0.1) is 30.3 Å². The summed E-state index contributed by atoms with van der Waals surface area (Å²) >= 11 is 0. The molecule has 0 N–H and O–H groups in total. The van der Waals surface area contributed by atoms with Gasteiger partial charge in [0.1, 0.15) is 0 Å². The van der Waals surface area contributed by atoms with Crippen LogP contribution in [0.5, 0.6) is 0 Å². The van der Waals surface area contributed by atoms with Gasteiger partial charge >= 0.3 is 17.9 Å². The Balaban J connectivity index is 2.98. The highest BCUT2D eigenvalue weighted by Crippen LogP contribution is 2.28. The minimum Gasteiger partial charge on any atom is -0.417 e. The van der Waals surface area contributed by atoms with Crippen molar-refractivity contribution in [3.63, 3.8) is 0 Å². The van der Waals surface area contributed by atoms with Gasteiger partial charge in [0.15, 0.2) is 21.2 Å². The van der Waals surface area contributed by atoms with Gasteiger partial charge in [-0.1, -0.05) is 0 Å². The fourth-order valence-corrected chi connectivity index (χ4v) is 1.22. The van der Waals surface area contributed by atoms with E-state index < -0.39 is 51.4 Å². The quantitative estimate of drug-likeness (QED) is 0.412. The lowest BCUT2D eigenvalue weighted by Crippen LogP contribution is -2.53. The highest BCUT2D eigenvalue weighted by atomic mass is 19.4. The molecule has 0 atom stereocenters. The molecule has 12 nitrogen and oxygen atoms in total. The first-order valence-electron chi connectivity index (χ1n) is 4.85. The Bertz CT molecular complexity index is 548. The third-order valence-electron chi connectivity index (χ3n) is 2.26. The molecule has 1 heterocycles. The summed E-state index contributed by atoms with van der Waals surface area (Å²) in [4.78, 5) is 26.4. The topological polar surface area (TPSA) is 168 Å². The van der Waals surface area contributed by atoms with Crippen molar-refractivity contribution in [2.75, 3.05) is 0 Å². The first-order valence-corrected chi connectivity index (χ1v) is 4.85. The molecule has 0 aromatic carbocycles. The maximum atomic E-state index is 12.1. The maximum Gasteiger partial charge on any atom is 0.700 e. The van der Waals surface area contributed by atoms with E-state index in [1.807, 2.05) is 0 Å². The van der Waals surface area contributed by atoms with Gasteiger partial charge in [-0.3, -0.25) is 30.3 Å². The number of nitrogens with zero attached hydrogens (tertiary/aromatic N) is 5. The second-order valence-electron chi connectivity index (χ2n) is 3.54. The molecular weight excluding hydrogens is 311 g/mol. The molecule has 0 aliphatic heterocycles. The number of nitro groups is 3. The van der Waals surface area contributed by atoms with E-state index in [0.29, 0.717) is 0 Å². The molecule has 0 bridgehead atoms. The van der Waals surface area contributed by atoms with Crippen LogP contribution in [0.3, 0.4) is 0 Å². The Hall–Kier alpha value is -2.87. The summed E-state index contributed by atoms with van der Waals surface area (Å²) in [5, 5.41) is 37.1. The average molecular weight is 315 g/mol. The summed E-state index contributed by atoms with van der Waals surface area (Å²) in [5.41, 5.74) is 0. The van der Waals surface area contributed by atoms with Crippen molar-refractivity contribution >= 4 is 0 Å². The molecule has 0 aliphatic rings. The van der Waals surface area contributed by atoms with Crippen molar-refractivity contribution in [3.05, 3.63) is 42.1 Å². The van der Waals surface area contributed by atoms with Crippen LogP contribution in [-0.4, -0.2) is 30.8 Å². The van der Waals surface area contributed by atoms with Crippen LogP contribution in [0.25, 0.3) is 0 Å². The van der Waals surface area contributed by atoms with Crippen molar-refractivity contribution in [1.29, 1.82) is 0 Å². The van der Waals surface area contributed by atoms with Gasteiger partial charge in [0.05, 0.1) is 0 Å². The van der Waals surface area contributed by atoms with Crippen molar-refractivity contribution in [1.82, 2.24) is 10.2 Å². The van der Waals surface area contributed by atoms with Gasteiger partial charge in [-0.05, 0) is 0 Å². The van der Waals surface area contributed by atoms with Gasteiger partial charge in [0.25, 0.3) is 0 Å². The SMILES string of the molecule is O=[N+]([O-])C(CCc1nnc(C(F)(F)F)o1)([N+](=O)[O-])[N+](=O)[O-]. The van der Waals surface area contributed by atoms with E-state index in [0.717, 1.165) is 0 Å². The van der Waals surface area contributed by atoms with Crippen molar-refractivity contribution in [2.24, 2.45) is 0 Å². The van der Waals surface area contributed by atoms with E-state index in [1.165, 1.54) is 0 Å². The molecule has 0 saturated heterocycles. The number of halogens is 3. The van der Waals surface area contributed by atoms with Crippen molar-refractivity contribution in [3.8, 4) is 0 Å². The van der Waals surface area contributed by atoms with Crippen LogP contribution in [0.4, 0.5) is 13.2 Å². The molecule has 1 aromatic rings. The van der Waals surface area contributed by atoms with E-state index in [4.69, 9.17) is 0 Å². The van der Waals surface area contributed by atoms with Crippen molar-refractivity contribution < 1.29 is 32.4 Å². The summed E-state index contributed by atoms with van der Waals surface area (Å²) < 4.78 is 40.5. The minimum atomic E-state index is -4.97. The Morgan fingerprint density at radius 2 is 1.48 bits per heavy atom. The van der Waals surface area contributed by atoms with Gasteiger partial charge in [0, 0.05) is 6.42 Å². The molecular formula is C6H4F3N5O7. The smallest absolute Gasteiger partial charge is 0.417 e. The summed E-state index contributed by atoms with van der Waals surface area (Å²) in [6, 6.07) is 0. The zero-order valence-corrected chi connectivity index (χ0v) is 9.64. The molecule has 1 rings (SSSR count). The Morgan fingerprint density at radius 1 is 1.00 bits per heavy atom. The lowest BCUT2D eigenvalue weighted by molar-refractivity contribution is -0.970. The number of hydrogen-bond acceptors (Lipinski definition) is 9. The van der Waals surface area contributed by atoms with Crippen LogP contribution in [-0.2, 0) is 12.6 Å². The van der Waals surface area contributed by atoms with Crippen LogP contribution in [0.2, 0.25) is 0 Å². The molecule has 0 aliphatic carbocycles. The molecule has 0 fully saturated rings. The second-order valence-corrected chi connectivity index (χ2v) is 3.54. The van der Waals surface area contributed by atoms with Gasteiger partial charge in [0.2, 0.25) is 5.89 Å². The summed E-state index contributed by atoms with van der Waals surface area (Å²) in [5.74, 6) is -6.42. The average Bonchev–Trinajstić information content (AvgIpc) is 2.76. The molecule has 15 heteroatoms. The summed E-state index contributed by atoms with van der Waals surface area (Å²) in [6.07, 6.45) is -7.29. The highest BCUT2D eigenvalue weighted by molar-refractivity contribution is 4.86. The number of alkyl halides is 3. The van der Waals surface area contributed by atoms with Gasteiger partial charge in [-0.15, -0.1) is 10.2 Å². The van der Waals surface area contributed by atoms with Gasteiger partial charge in [-0.25, -0.2) is 0 Å². The molecule has 21 heavy (non-hydrogen) atoms. The number of aryl methyl sites for hydroxylation is 1. The number of hydrogen-bond donors (Lipinski definition) is 0. The van der Waals surface area contributed by atoms with Crippen LogP contribution in [0.15, 0.2) is 4.42 Å². The lowest BCUT2D eigenvalue weighted by atomic mass is 10.2. The Kier molecular flexibility index (Phi) is 4.05. The van der Waals surface area contributed by atoms with Gasteiger partial charge in [-0.2, -0.15) is 13.2 Å². The van der Waals surface area contributed by atoms with Crippen LogP contribution < -0.4 is 0 Å². The zero-order chi connectivity index (χ0) is 16.4. The van der Waals surface area contributed by atoms with E-state index in [1.54, 1.807) is 0 Å². The molecule has 0 spiro atoms. The van der Waals surface area contributed by atoms with Gasteiger partial charge < -0.3 is 4.42 Å². The molecule has 0 unspecified atom stereocenters. The minimum absolute atomic E-state index is 0.850. The standard InChI is InChI=1S/C6H4F3N5O7/c7-6(8,9)4-11-10-3(21-4)1-2-5(12(15)16,13(17)18)14(19)20/h1-2H2. The maximum absolute atomic E-state index is 12.1. The predicted octanol–water partition coefficient (Wildman–Crippen LogP) is 0.505. The predicted molar refractivity (Wildman–Crippen MR) is 51.3 cm³/mol. The Labute approximate surface area is 111 Å². The normalized spacial score (nSPS) is 12.1. The first-order chi connectivity index (χ1) is 9.51. The second kappa shape index (κ2) is 5.25. The van der Waals surface area contributed by atoms with E-state index in [-0.39, 0.29) is 0 Å². The number of rotatable bonds is 6. The largest absolute Gasteiger partial charge is 0.700 e. The summed E-state index contributed by atoms with van der Waals surface area (Å²) in [7, 11) is 0. The van der Waals surface area contributed by atoms with Crippen molar-refractivity contribution in [2.45, 2.75) is 24.8 Å². The monoisotopic (exact) mass is 315 g/mol. The highest BCUT2D eigenvalue weighted by Gasteiger charge is 2.69. The molecule has 116 valence electrons. The lowest BCUT2D eigenvalue weighted by Gasteiger charge is -2.07. The fourth-order valence-electron chi connectivity index (χ4n) is 1.22. The first kappa shape index (κ1) is 16.2.